The van der Waals surface area contributed by atoms with Crippen LogP contribution in [0.4, 0.5) is 15.8 Å². The molecule has 0 saturated carbocycles. The van der Waals surface area contributed by atoms with Gasteiger partial charge in [-0.3, -0.25) is 4.98 Å². The predicted octanol–water partition coefficient (Wildman–Crippen LogP) is 6.88. The van der Waals surface area contributed by atoms with Crippen LogP contribution in [0.25, 0.3) is 38.0 Å². The van der Waals surface area contributed by atoms with Gasteiger partial charge in [-0.05, 0) is 43.7 Å². The third-order valence-electron chi connectivity index (χ3n) is 6.39. The van der Waals surface area contributed by atoms with Crippen molar-refractivity contribution in [3.05, 3.63) is 84.1 Å². The number of anilines is 1. The molecule has 176 valence electrons. The first kappa shape index (κ1) is 22.8. The molecule has 0 unspecified atom stereocenters. The number of halogens is 1. The molecule has 2 heterocycles. The molecule has 4 aromatic rings. The minimum absolute atomic E-state index is 0.0954. The number of hydrogen-bond acceptors (Lipinski definition) is 4. The number of para-hydroxylation sites is 1. The van der Waals surface area contributed by atoms with Gasteiger partial charge in [-0.25, -0.2) is 9.24 Å². The Hall–Kier alpha value is -3.95. The van der Waals surface area contributed by atoms with E-state index in [9.17, 15) is 0 Å². The Morgan fingerprint density at radius 1 is 1.00 bits per heavy atom. The molecule has 1 aliphatic heterocycles. The second kappa shape index (κ2) is 9.36. The van der Waals surface area contributed by atoms with E-state index in [0.717, 1.165) is 40.8 Å². The molecule has 1 saturated heterocycles. The molecule has 6 heteroatoms. The van der Waals surface area contributed by atoms with Crippen LogP contribution < -0.4 is 9.64 Å². The summed E-state index contributed by atoms with van der Waals surface area (Å²) in [6, 6.07) is 18.6. The Labute approximate surface area is 204 Å². The largest absolute Gasteiger partial charge is 0.495 e. The van der Waals surface area contributed by atoms with E-state index in [4.69, 9.17) is 21.0 Å². The Balaban J connectivity index is 1.56. The zero-order valence-corrected chi connectivity index (χ0v) is 20.0. The van der Waals surface area contributed by atoms with Crippen LogP contribution in [0.15, 0.2) is 66.9 Å². The normalized spacial score (nSPS) is 17.9. The van der Waals surface area contributed by atoms with Crippen LogP contribution in [0.2, 0.25) is 0 Å². The van der Waals surface area contributed by atoms with Gasteiger partial charge in [0.25, 0.3) is 0 Å². The van der Waals surface area contributed by atoms with Gasteiger partial charge in [0.1, 0.15) is 11.6 Å². The van der Waals surface area contributed by atoms with Crippen molar-refractivity contribution >= 4 is 22.3 Å². The minimum atomic E-state index is -0.320. The highest BCUT2D eigenvalue weighted by atomic mass is 19.1. The molecule has 1 aromatic heterocycles. The number of hydrogen-bond donors (Lipinski definition) is 0. The maximum Gasteiger partial charge on any atom is 0.187 e. The van der Waals surface area contributed by atoms with Crippen LogP contribution >= 0.6 is 0 Å². The summed E-state index contributed by atoms with van der Waals surface area (Å²) < 4.78 is 27.1. The second-order valence-electron chi connectivity index (χ2n) is 8.89. The number of pyridine rings is 1. The second-order valence-corrected chi connectivity index (χ2v) is 8.89. The number of ether oxygens (including phenoxy) is 2. The van der Waals surface area contributed by atoms with Gasteiger partial charge in [0.05, 0.1) is 31.4 Å². The highest BCUT2D eigenvalue weighted by molar-refractivity contribution is 6.00. The lowest BCUT2D eigenvalue weighted by Gasteiger charge is -2.37. The van der Waals surface area contributed by atoms with Crippen molar-refractivity contribution < 1.29 is 13.9 Å². The third kappa shape index (κ3) is 4.31. The van der Waals surface area contributed by atoms with Gasteiger partial charge in [-0.2, -0.15) is 0 Å². The van der Waals surface area contributed by atoms with Crippen LogP contribution in [0.5, 0.6) is 5.75 Å². The smallest absolute Gasteiger partial charge is 0.187 e. The fourth-order valence-electron chi connectivity index (χ4n) is 4.87. The molecule has 0 radical (unpaired) electrons. The first-order chi connectivity index (χ1) is 17.0. The molecule has 2 atom stereocenters. The number of nitrogens with zero attached hydrogens (tertiary/aromatic N) is 3. The number of benzene rings is 3. The molecule has 0 bridgehead atoms. The van der Waals surface area contributed by atoms with E-state index < -0.39 is 0 Å². The van der Waals surface area contributed by atoms with Crippen molar-refractivity contribution in [2.45, 2.75) is 26.1 Å². The molecule has 1 aliphatic rings. The summed E-state index contributed by atoms with van der Waals surface area (Å²) in [5.74, 6) is 0.259. The number of rotatable bonds is 4. The number of morpholine rings is 1. The molecule has 0 N–H and O–H groups in total. The molecule has 0 amide bonds. The van der Waals surface area contributed by atoms with Crippen LogP contribution in [-0.2, 0) is 4.74 Å². The van der Waals surface area contributed by atoms with Gasteiger partial charge in [-0.1, -0.05) is 36.4 Å². The summed E-state index contributed by atoms with van der Waals surface area (Å²) in [5, 5.41) is 0.802. The van der Waals surface area contributed by atoms with E-state index in [-0.39, 0.29) is 18.0 Å². The highest BCUT2D eigenvalue weighted by Gasteiger charge is 2.24. The average Bonchev–Trinajstić information content (AvgIpc) is 2.87. The zero-order chi connectivity index (χ0) is 24.5. The highest BCUT2D eigenvalue weighted by Crippen LogP contribution is 2.40. The molecular formula is C29H26FN3O2. The summed E-state index contributed by atoms with van der Waals surface area (Å²) in [6.45, 7) is 12.7. The van der Waals surface area contributed by atoms with Gasteiger partial charge < -0.3 is 14.4 Å². The fraction of sp³-hybridized carbons (Fsp3) is 0.241. The quantitative estimate of drug-likeness (QED) is 0.307. The molecule has 5 rings (SSSR count). The van der Waals surface area contributed by atoms with E-state index in [1.165, 1.54) is 0 Å². The monoisotopic (exact) mass is 467 g/mol. The summed E-state index contributed by atoms with van der Waals surface area (Å²) in [6.07, 6.45) is 1.87. The average molecular weight is 468 g/mol. The summed E-state index contributed by atoms with van der Waals surface area (Å²) in [7, 11) is 1.60. The van der Waals surface area contributed by atoms with Gasteiger partial charge in [-0.15, -0.1) is 0 Å². The SMILES string of the molecule is [C-]#[N+]c1ccc(-c2cccc3c(OC)c(-c4ccc(N5C[C@@H](C)O[C@@H](C)C5)cc4F)cnc23)cc1. The lowest BCUT2D eigenvalue weighted by atomic mass is 9.98. The van der Waals surface area contributed by atoms with E-state index in [1.54, 1.807) is 37.6 Å². The van der Waals surface area contributed by atoms with E-state index >= 15 is 4.39 Å². The van der Waals surface area contributed by atoms with Crippen molar-refractivity contribution in [3.8, 4) is 28.0 Å². The summed E-state index contributed by atoms with van der Waals surface area (Å²) >= 11 is 0. The lowest BCUT2D eigenvalue weighted by molar-refractivity contribution is -0.00523. The first-order valence-corrected chi connectivity index (χ1v) is 11.6. The Morgan fingerprint density at radius 3 is 2.40 bits per heavy atom. The first-order valence-electron chi connectivity index (χ1n) is 11.6. The maximum absolute atomic E-state index is 15.5. The third-order valence-corrected chi connectivity index (χ3v) is 6.39. The molecule has 5 nitrogen and oxygen atoms in total. The minimum Gasteiger partial charge on any atom is -0.495 e. The van der Waals surface area contributed by atoms with Crippen molar-refractivity contribution in [2.75, 3.05) is 25.1 Å². The Bertz CT molecular complexity index is 1420. The molecule has 3 aromatic carbocycles. The molecule has 0 spiro atoms. The number of fused-ring (bicyclic) bond motifs is 1. The number of aromatic nitrogens is 1. The van der Waals surface area contributed by atoms with Gasteiger partial charge in [0.2, 0.25) is 0 Å². The van der Waals surface area contributed by atoms with Crippen molar-refractivity contribution in [3.63, 3.8) is 0 Å². The van der Waals surface area contributed by atoms with Crippen molar-refractivity contribution in [2.24, 2.45) is 0 Å². The summed E-state index contributed by atoms with van der Waals surface area (Å²) in [4.78, 5) is 10.3. The van der Waals surface area contributed by atoms with Gasteiger partial charge in [0.15, 0.2) is 5.69 Å². The van der Waals surface area contributed by atoms with E-state index in [0.29, 0.717) is 22.6 Å². The zero-order valence-electron chi connectivity index (χ0n) is 20.0. The fourth-order valence-corrected chi connectivity index (χ4v) is 4.87. The standard InChI is InChI=1S/C29H26FN3O2/c1-18-16-33(17-19(2)35-18)22-12-13-24(27(30)14-22)26-15-32-28-23(6-5-7-25(28)29(26)34-4)20-8-10-21(31-3)11-9-20/h5-15,18-19H,16-17H2,1-2,4H3/t18-,19+. The van der Waals surface area contributed by atoms with Gasteiger partial charge >= 0.3 is 0 Å². The molecule has 0 aliphatic carbocycles. The lowest BCUT2D eigenvalue weighted by Crippen LogP contribution is -2.45. The van der Waals surface area contributed by atoms with Gasteiger partial charge in [0, 0.05) is 47.1 Å². The number of methoxy groups -OCH3 is 1. The van der Waals surface area contributed by atoms with Crippen molar-refractivity contribution in [1.29, 1.82) is 0 Å². The predicted molar refractivity (Wildman–Crippen MR) is 138 cm³/mol. The maximum atomic E-state index is 15.5. The van der Waals surface area contributed by atoms with E-state index in [1.807, 2.05) is 50.2 Å². The molecule has 35 heavy (non-hydrogen) atoms. The van der Waals surface area contributed by atoms with Crippen molar-refractivity contribution in [1.82, 2.24) is 4.98 Å². The Morgan fingerprint density at radius 2 is 1.74 bits per heavy atom. The van der Waals surface area contributed by atoms with Crippen LogP contribution in [0, 0.1) is 12.4 Å². The summed E-state index contributed by atoms with van der Waals surface area (Å²) in [5.41, 5.74) is 5.12. The van der Waals surface area contributed by atoms with E-state index in [2.05, 4.69) is 9.74 Å². The topological polar surface area (TPSA) is 39.0 Å². The van der Waals surface area contributed by atoms with Crippen LogP contribution in [0.3, 0.4) is 0 Å². The molecule has 1 fully saturated rings. The molecular weight excluding hydrogens is 441 g/mol. The van der Waals surface area contributed by atoms with Crippen LogP contribution in [0.1, 0.15) is 13.8 Å². The Kier molecular flexibility index (Phi) is 6.10. The van der Waals surface area contributed by atoms with Crippen LogP contribution in [-0.4, -0.2) is 37.4 Å².